The molecule has 4 aromatic heterocycles. The lowest BCUT2D eigenvalue weighted by Crippen LogP contribution is -2.25. The molecular weight excluding hydrogens is 371 g/mol. The van der Waals surface area contributed by atoms with Gasteiger partial charge in [-0.1, -0.05) is 0 Å². The molecule has 0 bridgehead atoms. The van der Waals surface area contributed by atoms with E-state index in [0.717, 1.165) is 36.5 Å². The number of anilines is 2. The third-order valence-electron chi connectivity index (χ3n) is 5.29. The molecule has 5 heterocycles. The molecule has 0 amide bonds. The summed E-state index contributed by atoms with van der Waals surface area (Å²) < 4.78 is 18.1. The maximum atomic E-state index is 14.6. The maximum Gasteiger partial charge on any atom is 0.183 e. The van der Waals surface area contributed by atoms with Crippen molar-refractivity contribution in [2.24, 2.45) is 0 Å². The van der Waals surface area contributed by atoms with E-state index < -0.39 is 0 Å². The van der Waals surface area contributed by atoms with Gasteiger partial charge in [0.15, 0.2) is 5.65 Å². The lowest BCUT2D eigenvalue weighted by Gasteiger charge is -2.26. The van der Waals surface area contributed by atoms with Crippen LogP contribution in [0.15, 0.2) is 43.0 Å². The first-order valence-corrected chi connectivity index (χ1v) is 9.61. The molecule has 29 heavy (non-hydrogen) atoms. The summed E-state index contributed by atoms with van der Waals surface area (Å²) in [5.74, 6) is 1.14. The lowest BCUT2D eigenvalue weighted by molar-refractivity contribution is 0.563. The Hall–Kier alpha value is -3.49. The van der Waals surface area contributed by atoms with E-state index in [1.54, 1.807) is 34.7 Å². The van der Waals surface area contributed by atoms with E-state index in [1.165, 1.54) is 6.07 Å². The second kappa shape index (κ2) is 6.84. The molecule has 1 aliphatic heterocycles. The number of aryl methyl sites for hydroxylation is 1. The first-order valence-electron chi connectivity index (χ1n) is 9.61. The minimum Gasteiger partial charge on any atom is -0.373 e. The summed E-state index contributed by atoms with van der Waals surface area (Å²) in [7, 11) is 1.78. The molecule has 1 unspecified atom stereocenters. The van der Waals surface area contributed by atoms with E-state index in [2.05, 4.69) is 25.4 Å². The highest BCUT2D eigenvalue weighted by molar-refractivity contribution is 5.61. The number of halogens is 1. The molecule has 4 aromatic rings. The molecule has 0 aliphatic carbocycles. The van der Waals surface area contributed by atoms with Gasteiger partial charge in [-0.25, -0.2) is 23.6 Å². The Morgan fingerprint density at radius 2 is 2.03 bits per heavy atom. The van der Waals surface area contributed by atoms with Crippen LogP contribution in [0.4, 0.5) is 16.0 Å². The quantitative estimate of drug-likeness (QED) is 0.575. The van der Waals surface area contributed by atoms with Crippen molar-refractivity contribution in [3.63, 3.8) is 0 Å². The van der Waals surface area contributed by atoms with E-state index >= 15 is 0 Å². The molecule has 1 atom stereocenters. The molecule has 8 nitrogen and oxygen atoms in total. The molecule has 9 heteroatoms. The Labute approximate surface area is 167 Å². The van der Waals surface area contributed by atoms with Crippen molar-refractivity contribution < 1.29 is 4.39 Å². The third kappa shape index (κ3) is 2.98. The molecule has 0 radical (unpaired) electrons. The van der Waals surface area contributed by atoms with Crippen LogP contribution in [0.3, 0.4) is 0 Å². The number of pyridine rings is 1. The van der Waals surface area contributed by atoms with Gasteiger partial charge in [0.25, 0.3) is 0 Å². The van der Waals surface area contributed by atoms with Gasteiger partial charge in [0, 0.05) is 26.0 Å². The lowest BCUT2D eigenvalue weighted by atomic mass is 10.1. The van der Waals surface area contributed by atoms with Gasteiger partial charge >= 0.3 is 0 Å². The number of nitrogens with zero attached hydrogens (tertiary/aromatic N) is 7. The maximum absolute atomic E-state index is 14.6. The number of nitrogens with one attached hydrogen (secondary N) is 1. The second-order valence-corrected chi connectivity index (χ2v) is 7.21. The Bertz CT molecular complexity index is 1180. The Morgan fingerprint density at radius 3 is 2.83 bits per heavy atom. The van der Waals surface area contributed by atoms with Crippen molar-refractivity contribution in [1.82, 2.24) is 29.4 Å². The van der Waals surface area contributed by atoms with E-state index in [1.807, 2.05) is 25.4 Å². The first kappa shape index (κ1) is 17.6. The number of hydrogen-bond donors (Lipinski definition) is 1. The zero-order valence-electron chi connectivity index (χ0n) is 16.2. The molecule has 0 saturated carbocycles. The van der Waals surface area contributed by atoms with Crippen molar-refractivity contribution in [3.05, 3.63) is 60.1 Å². The number of hydrogen-bond acceptors (Lipinski definition) is 6. The van der Waals surface area contributed by atoms with Crippen LogP contribution in [0.5, 0.6) is 0 Å². The molecule has 1 aliphatic rings. The molecule has 0 aromatic carbocycles. The van der Waals surface area contributed by atoms with Gasteiger partial charge in [0.2, 0.25) is 0 Å². The fraction of sp³-hybridized carbons (Fsp3) is 0.300. The Kier molecular flexibility index (Phi) is 4.15. The number of fused-ring (bicyclic) bond motifs is 1. The normalized spacial score (nSPS) is 16.7. The van der Waals surface area contributed by atoms with E-state index in [9.17, 15) is 4.39 Å². The first-order chi connectivity index (χ1) is 14.1. The van der Waals surface area contributed by atoms with Crippen LogP contribution in [0.2, 0.25) is 0 Å². The number of rotatable bonds is 4. The van der Waals surface area contributed by atoms with Gasteiger partial charge in [-0.2, -0.15) is 10.2 Å². The number of aromatic nitrogens is 6. The summed E-state index contributed by atoms with van der Waals surface area (Å²) in [6.07, 6.45) is 9.14. The highest BCUT2D eigenvalue weighted by atomic mass is 19.1. The monoisotopic (exact) mass is 392 g/mol. The van der Waals surface area contributed by atoms with Crippen LogP contribution in [-0.4, -0.2) is 43.0 Å². The summed E-state index contributed by atoms with van der Waals surface area (Å²) in [6, 6.07) is 4.87. The Balaban J connectivity index is 1.56. The van der Waals surface area contributed by atoms with Gasteiger partial charge in [-0.3, -0.25) is 0 Å². The smallest absolute Gasteiger partial charge is 0.183 e. The van der Waals surface area contributed by atoms with Gasteiger partial charge in [0.1, 0.15) is 28.8 Å². The van der Waals surface area contributed by atoms with Crippen molar-refractivity contribution in [3.8, 4) is 5.69 Å². The molecule has 1 fully saturated rings. The zero-order chi connectivity index (χ0) is 20.0. The summed E-state index contributed by atoms with van der Waals surface area (Å²) in [5.41, 5.74) is 3.02. The van der Waals surface area contributed by atoms with Crippen molar-refractivity contribution >= 4 is 17.3 Å². The highest BCUT2D eigenvalue weighted by Gasteiger charge is 2.31. The van der Waals surface area contributed by atoms with Gasteiger partial charge in [-0.05, 0) is 43.5 Å². The van der Waals surface area contributed by atoms with Crippen molar-refractivity contribution in [1.29, 1.82) is 0 Å². The Morgan fingerprint density at radius 1 is 1.14 bits per heavy atom. The predicted octanol–water partition coefficient (Wildman–Crippen LogP) is 3.14. The molecule has 148 valence electrons. The minimum atomic E-state index is -0.293. The summed E-state index contributed by atoms with van der Waals surface area (Å²) in [5, 5.41) is 11.7. The largest absolute Gasteiger partial charge is 0.373 e. The van der Waals surface area contributed by atoms with Crippen LogP contribution in [-0.2, 0) is 0 Å². The molecule has 1 N–H and O–H groups in total. The highest BCUT2D eigenvalue weighted by Crippen LogP contribution is 2.36. The summed E-state index contributed by atoms with van der Waals surface area (Å²) >= 11 is 0. The minimum absolute atomic E-state index is 0.156. The fourth-order valence-corrected chi connectivity index (χ4v) is 3.87. The molecule has 0 spiro atoms. The third-order valence-corrected chi connectivity index (χ3v) is 5.29. The van der Waals surface area contributed by atoms with Crippen LogP contribution in [0, 0.1) is 12.7 Å². The van der Waals surface area contributed by atoms with Gasteiger partial charge in [-0.15, -0.1) is 0 Å². The van der Waals surface area contributed by atoms with Gasteiger partial charge in [0.05, 0.1) is 18.4 Å². The van der Waals surface area contributed by atoms with Crippen LogP contribution >= 0.6 is 0 Å². The average Bonchev–Trinajstić information content (AvgIpc) is 3.46. The van der Waals surface area contributed by atoms with Crippen LogP contribution < -0.4 is 10.2 Å². The zero-order valence-corrected chi connectivity index (χ0v) is 16.2. The van der Waals surface area contributed by atoms with E-state index in [-0.39, 0.29) is 11.9 Å². The van der Waals surface area contributed by atoms with Crippen LogP contribution in [0.25, 0.3) is 11.3 Å². The molecule has 1 saturated heterocycles. The molecular formula is C20H21FN8. The topological polar surface area (TPSA) is 76.2 Å². The second-order valence-electron chi connectivity index (χ2n) is 7.21. The summed E-state index contributed by atoms with van der Waals surface area (Å²) in [4.78, 5) is 11.5. The fourth-order valence-electron chi connectivity index (χ4n) is 3.87. The van der Waals surface area contributed by atoms with Crippen molar-refractivity contribution in [2.75, 3.05) is 23.8 Å². The molecule has 5 rings (SSSR count). The van der Waals surface area contributed by atoms with Crippen molar-refractivity contribution in [2.45, 2.75) is 25.8 Å². The standard InChI is InChI=1S/C20H21FN8/c1-13-10-23-29(12-13)16-11-24-28-9-7-18(26-20(16)28)27-8-3-4-15(27)19-14(21)5-6-17(22-2)25-19/h5-7,9-12,15H,3-4,8H2,1-2H3,(H,22,25). The SMILES string of the molecule is CNc1ccc(F)c(C2CCCN2c2ccn3ncc(-n4cc(C)cn4)c3n2)n1. The van der Waals surface area contributed by atoms with Crippen LogP contribution in [0.1, 0.15) is 30.1 Å². The van der Waals surface area contributed by atoms with E-state index in [4.69, 9.17) is 4.98 Å². The average molecular weight is 392 g/mol. The van der Waals surface area contributed by atoms with Gasteiger partial charge < -0.3 is 10.2 Å². The van der Waals surface area contributed by atoms with E-state index in [0.29, 0.717) is 17.2 Å². The summed E-state index contributed by atoms with van der Waals surface area (Å²) in [6.45, 7) is 2.78. The predicted molar refractivity (Wildman–Crippen MR) is 108 cm³/mol.